The van der Waals surface area contributed by atoms with Crippen LogP contribution in [0.15, 0.2) is 18.2 Å². The summed E-state index contributed by atoms with van der Waals surface area (Å²) < 4.78 is 0. The van der Waals surface area contributed by atoms with E-state index in [-0.39, 0.29) is 6.61 Å². The van der Waals surface area contributed by atoms with Crippen molar-refractivity contribution < 1.29 is 14.7 Å². The Balaban J connectivity index is 2.15. The van der Waals surface area contributed by atoms with Gasteiger partial charge in [0.25, 0.3) is 0 Å². The molecule has 0 fully saturated rings. The van der Waals surface area contributed by atoms with Gasteiger partial charge in [-0.15, -0.1) is 0 Å². The van der Waals surface area contributed by atoms with E-state index in [1.165, 1.54) is 4.90 Å². The number of carbonyl (C=O) groups is 2. The third-order valence-corrected chi connectivity index (χ3v) is 3.23. The maximum Gasteiger partial charge on any atom is 0.316 e. The molecule has 5 nitrogen and oxygen atoms in total. The molecule has 0 bridgehead atoms. The fraction of sp³-hybridized carbons (Fsp3) is 0.429. The van der Waals surface area contributed by atoms with Gasteiger partial charge in [0.15, 0.2) is 0 Å². The number of aryl methyl sites for hydroxylation is 1. The molecule has 2 amide bonds. The van der Waals surface area contributed by atoms with E-state index >= 15 is 0 Å². The predicted octanol–water partition coefficient (Wildman–Crippen LogP) is 0.381. The van der Waals surface area contributed by atoms with Gasteiger partial charge in [-0.2, -0.15) is 0 Å². The quantitative estimate of drug-likeness (QED) is 0.757. The second kappa shape index (κ2) is 5.40. The number of hydrogen-bond acceptors (Lipinski definition) is 3. The predicted molar refractivity (Wildman–Crippen MR) is 71.9 cm³/mol. The fourth-order valence-electron chi connectivity index (χ4n) is 2.15. The fourth-order valence-corrected chi connectivity index (χ4v) is 2.15. The highest BCUT2D eigenvalue weighted by atomic mass is 16.3. The van der Waals surface area contributed by atoms with E-state index in [0.29, 0.717) is 6.54 Å². The maximum atomic E-state index is 12.1. The first-order chi connectivity index (χ1) is 9.02. The molecular weight excluding hydrogens is 244 g/mol. The number of carbonyl (C=O) groups excluding carboxylic acids is 2. The normalized spacial score (nSPS) is 15.0. The van der Waals surface area contributed by atoms with Crippen molar-refractivity contribution in [2.45, 2.75) is 26.3 Å². The van der Waals surface area contributed by atoms with Crippen molar-refractivity contribution >= 4 is 17.5 Å². The smallest absolute Gasteiger partial charge is 0.316 e. The van der Waals surface area contributed by atoms with Crippen LogP contribution in [0.1, 0.15) is 18.1 Å². The van der Waals surface area contributed by atoms with E-state index in [1.807, 2.05) is 25.1 Å². The molecule has 2 N–H and O–H groups in total. The number of nitrogens with one attached hydrogen (secondary N) is 1. The summed E-state index contributed by atoms with van der Waals surface area (Å²) in [6.07, 6.45) is 0.768. The number of benzene rings is 1. The van der Waals surface area contributed by atoms with Crippen LogP contribution in [0.5, 0.6) is 0 Å². The first kappa shape index (κ1) is 13.5. The summed E-state index contributed by atoms with van der Waals surface area (Å²) in [6, 6.07) is 5.49. The lowest BCUT2D eigenvalue weighted by atomic mass is 10.1. The molecule has 5 heteroatoms. The summed E-state index contributed by atoms with van der Waals surface area (Å²) in [5.41, 5.74) is 2.96. The highest BCUT2D eigenvalue weighted by Gasteiger charge is 2.29. The Hall–Kier alpha value is -1.88. The van der Waals surface area contributed by atoms with Crippen molar-refractivity contribution in [1.29, 1.82) is 0 Å². The molecule has 0 spiro atoms. The Morgan fingerprint density at radius 2 is 2.21 bits per heavy atom. The van der Waals surface area contributed by atoms with Gasteiger partial charge in [-0.25, -0.2) is 0 Å². The summed E-state index contributed by atoms with van der Waals surface area (Å²) in [5.74, 6) is -1.24. The molecule has 1 unspecified atom stereocenters. The van der Waals surface area contributed by atoms with Gasteiger partial charge in [-0.05, 0) is 37.5 Å². The molecule has 0 aromatic heterocycles. The van der Waals surface area contributed by atoms with Crippen LogP contribution in [0, 0.1) is 6.92 Å². The van der Waals surface area contributed by atoms with Crippen LogP contribution in [-0.4, -0.2) is 36.1 Å². The van der Waals surface area contributed by atoms with Crippen molar-refractivity contribution in [1.82, 2.24) is 5.32 Å². The van der Waals surface area contributed by atoms with Gasteiger partial charge in [0.05, 0.1) is 6.61 Å². The van der Waals surface area contributed by atoms with Crippen molar-refractivity contribution in [3.05, 3.63) is 29.3 Å². The lowest BCUT2D eigenvalue weighted by Crippen LogP contribution is -2.46. The topological polar surface area (TPSA) is 69.6 Å². The van der Waals surface area contributed by atoms with Crippen LogP contribution in [0.2, 0.25) is 0 Å². The van der Waals surface area contributed by atoms with Crippen molar-refractivity contribution in [2.24, 2.45) is 0 Å². The second-order valence-electron chi connectivity index (χ2n) is 4.90. The lowest BCUT2D eigenvalue weighted by molar-refractivity contribution is -0.138. The van der Waals surface area contributed by atoms with Crippen LogP contribution in [0.3, 0.4) is 0 Å². The zero-order chi connectivity index (χ0) is 14.0. The highest BCUT2D eigenvalue weighted by Crippen LogP contribution is 2.28. The van der Waals surface area contributed by atoms with E-state index in [1.54, 1.807) is 6.92 Å². The summed E-state index contributed by atoms with van der Waals surface area (Å²) in [4.78, 5) is 25.4. The van der Waals surface area contributed by atoms with E-state index < -0.39 is 17.9 Å². The lowest BCUT2D eigenvalue weighted by Gasteiger charge is -2.18. The van der Waals surface area contributed by atoms with Gasteiger partial charge in [-0.1, -0.05) is 12.1 Å². The molecule has 0 saturated carbocycles. The minimum Gasteiger partial charge on any atom is -0.394 e. The standard InChI is InChI=1S/C14H18N2O3/c1-9-3-4-11-5-6-16(12(11)7-9)14(19)13(18)15-10(2)8-17/h3-4,7,10,17H,5-6,8H2,1-2H3,(H,15,18). The van der Waals surface area contributed by atoms with Gasteiger partial charge < -0.3 is 15.3 Å². The molecule has 1 aliphatic heterocycles. The zero-order valence-electron chi connectivity index (χ0n) is 11.1. The summed E-state index contributed by atoms with van der Waals surface area (Å²) in [5, 5.41) is 11.4. The minimum atomic E-state index is -0.670. The van der Waals surface area contributed by atoms with E-state index in [4.69, 9.17) is 5.11 Å². The average molecular weight is 262 g/mol. The molecule has 1 aliphatic rings. The third-order valence-electron chi connectivity index (χ3n) is 3.23. The number of fused-ring (bicyclic) bond motifs is 1. The first-order valence-electron chi connectivity index (χ1n) is 6.35. The van der Waals surface area contributed by atoms with Crippen molar-refractivity contribution in [3.8, 4) is 0 Å². The SMILES string of the molecule is Cc1ccc2c(c1)N(C(=O)C(=O)NC(C)CO)CC2. The summed E-state index contributed by atoms with van der Waals surface area (Å²) >= 11 is 0. The van der Waals surface area contributed by atoms with Crippen molar-refractivity contribution in [2.75, 3.05) is 18.1 Å². The number of aliphatic hydroxyl groups excluding tert-OH is 1. The maximum absolute atomic E-state index is 12.1. The van der Waals surface area contributed by atoms with Gasteiger partial charge in [-0.3, -0.25) is 9.59 Å². The van der Waals surface area contributed by atoms with Gasteiger partial charge in [0, 0.05) is 18.3 Å². The highest BCUT2D eigenvalue weighted by molar-refractivity contribution is 6.40. The molecule has 1 atom stereocenters. The zero-order valence-corrected chi connectivity index (χ0v) is 11.1. The Labute approximate surface area is 112 Å². The average Bonchev–Trinajstić information content (AvgIpc) is 2.80. The molecule has 0 saturated heterocycles. The molecular formula is C14H18N2O3. The van der Waals surface area contributed by atoms with E-state index in [9.17, 15) is 9.59 Å². The van der Waals surface area contributed by atoms with E-state index in [0.717, 1.165) is 23.2 Å². The number of hydrogen-bond donors (Lipinski definition) is 2. The molecule has 102 valence electrons. The molecule has 1 aromatic rings. The Morgan fingerprint density at radius 3 is 2.89 bits per heavy atom. The van der Waals surface area contributed by atoms with Crippen LogP contribution < -0.4 is 10.2 Å². The third kappa shape index (κ3) is 2.76. The van der Waals surface area contributed by atoms with Crippen LogP contribution in [0.4, 0.5) is 5.69 Å². The van der Waals surface area contributed by atoms with Crippen LogP contribution in [0.25, 0.3) is 0 Å². The minimum absolute atomic E-state index is 0.186. The van der Waals surface area contributed by atoms with E-state index in [2.05, 4.69) is 5.32 Å². The molecule has 0 radical (unpaired) electrons. The Bertz CT molecular complexity index is 513. The van der Waals surface area contributed by atoms with Gasteiger partial charge >= 0.3 is 11.8 Å². The number of amides is 2. The number of nitrogens with zero attached hydrogens (tertiary/aromatic N) is 1. The summed E-state index contributed by atoms with van der Waals surface area (Å²) in [6.45, 7) is 3.94. The summed E-state index contributed by atoms with van der Waals surface area (Å²) in [7, 11) is 0. The molecule has 1 aromatic carbocycles. The number of rotatable bonds is 2. The molecule has 19 heavy (non-hydrogen) atoms. The molecule has 2 rings (SSSR count). The van der Waals surface area contributed by atoms with Crippen molar-refractivity contribution in [3.63, 3.8) is 0 Å². The van der Waals surface area contributed by atoms with Gasteiger partial charge in [0.1, 0.15) is 0 Å². The van der Waals surface area contributed by atoms with Crippen LogP contribution >= 0.6 is 0 Å². The number of anilines is 1. The second-order valence-corrected chi connectivity index (χ2v) is 4.90. The monoisotopic (exact) mass is 262 g/mol. The largest absolute Gasteiger partial charge is 0.394 e. The number of aliphatic hydroxyl groups is 1. The Morgan fingerprint density at radius 1 is 1.47 bits per heavy atom. The first-order valence-corrected chi connectivity index (χ1v) is 6.35. The van der Waals surface area contributed by atoms with Gasteiger partial charge in [0.2, 0.25) is 0 Å². The Kier molecular flexibility index (Phi) is 3.85. The molecule has 0 aliphatic carbocycles. The van der Waals surface area contributed by atoms with Crippen LogP contribution in [-0.2, 0) is 16.0 Å². The molecule has 1 heterocycles.